The van der Waals surface area contributed by atoms with Crippen LogP contribution in [0, 0.1) is 0 Å². The molecular formula is C25H23N5O3. The number of hydrogen-bond acceptors (Lipinski definition) is 4. The van der Waals surface area contributed by atoms with Crippen LogP contribution >= 0.6 is 0 Å². The third-order valence-electron chi connectivity index (χ3n) is 5.79. The number of hydrogen-bond donors (Lipinski definition) is 2. The minimum Gasteiger partial charge on any atom is -0.457 e. The zero-order chi connectivity index (χ0) is 22.9. The van der Waals surface area contributed by atoms with Crippen LogP contribution in [-0.4, -0.2) is 37.9 Å². The fraction of sp³-hybridized carbons (Fsp3) is 0.160. The van der Waals surface area contributed by atoms with Crippen LogP contribution in [0.2, 0.25) is 0 Å². The molecule has 2 amide bonds. The van der Waals surface area contributed by atoms with Crippen molar-refractivity contribution < 1.29 is 14.3 Å². The van der Waals surface area contributed by atoms with Crippen LogP contribution in [0.15, 0.2) is 67.3 Å². The van der Waals surface area contributed by atoms with Gasteiger partial charge in [-0.2, -0.15) is 0 Å². The predicted octanol–water partition coefficient (Wildman–Crippen LogP) is 3.68. The van der Waals surface area contributed by atoms with Gasteiger partial charge in [-0.05, 0) is 55.3 Å². The van der Waals surface area contributed by atoms with Crippen molar-refractivity contribution in [2.75, 3.05) is 6.54 Å². The summed E-state index contributed by atoms with van der Waals surface area (Å²) in [4.78, 5) is 31.1. The lowest BCUT2D eigenvalue weighted by Gasteiger charge is -2.18. The number of primary amides is 1. The van der Waals surface area contributed by atoms with E-state index in [9.17, 15) is 9.59 Å². The summed E-state index contributed by atoms with van der Waals surface area (Å²) in [6.07, 6.45) is 2.82. The van der Waals surface area contributed by atoms with Crippen LogP contribution in [0.4, 0.5) is 0 Å². The number of H-pyrrole nitrogens is 1. The molecule has 4 aromatic rings. The Bertz CT molecular complexity index is 1350. The van der Waals surface area contributed by atoms with E-state index in [0.717, 1.165) is 29.1 Å². The largest absolute Gasteiger partial charge is 0.457 e. The molecule has 33 heavy (non-hydrogen) atoms. The molecule has 2 aromatic heterocycles. The molecule has 0 bridgehead atoms. The van der Waals surface area contributed by atoms with E-state index in [1.807, 2.05) is 54.6 Å². The van der Waals surface area contributed by atoms with Crippen molar-refractivity contribution in [2.45, 2.75) is 19.4 Å². The predicted molar refractivity (Wildman–Crippen MR) is 124 cm³/mol. The molecule has 8 heteroatoms. The van der Waals surface area contributed by atoms with Crippen LogP contribution < -0.4 is 10.5 Å². The van der Waals surface area contributed by atoms with Crippen LogP contribution in [0.3, 0.4) is 0 Å². The SMILES string of the molecule is C=CC(=O)N1CCCc2nc3c(C(N)=O)c(-c4ccc(Oc5ccccc5)cc4)[nH]n3c2C1. The Labute approximate surface area is 190 Å². The molecule has 3 heterocycles. The van der Waals surface area contributed by atoms with Gasteiger partial charge in [0.15, 0.2) is 5.65 Å². The number of nitrogens with one attached hydrogen (secondary N) is 1. The first-order valence-corrected chi connectivity index (χ1v) is 10.7. The van der Waals surface area contributed by atoms with E-state index in [-0.39, 0.29) is 5.91 Å². The third-order valence-corrected chi connectivity index (χ3v) is 5.79. The Morgan fingerprint density at radius 2 is 1.82 bits per heavy atom. The van der Waals surface area contributed by atoms with Crippen LogP contribution in [0.25, 0.3) is 16.9 Å². The number of amides is 2. The maximum Gasteiger partial charge on any atom is 0.254 e. The number of nitrogens with two attached hydrogens (primary N) is 1. The molecule has 1 aliphatic rings. The van der Waals surface area contributed by atoms with Crippen LogP contribution in [-0.2, 0) is 17.8 Å². The Balaban J connectivity index is 1.53. The number of aromatic nitrogens is 3. The summed E-state index contributed by atoms with van der Waals surface area (Å²) >= 11 is 0. The number of ether oxygens (including phenoxy) is 1. The number of aryl methyl sites for hydroxylation is 1. The maximum absolute atomic E-state index is 12.4. The van der Waals surface area contributed by atoms with E-state index in [0.29, 0.717) is 42.2 Å². The van der Waals surface area contributed by atoms with Gasteiger partial charge in [-0.1, -0.05) is 24.8 Å². The van der Waals surface area contributed by atoms with Gasteiger partial charge in [0, 0.05) is 12.1 Å². The molecular weight excluding hydrogens is 418 g/mol. The highest BCUT2D eigenvalue weighted by atomic mass is 16.5. The van der Waals surface area contributed by atoms with Crippen molar-refractivity contribution >= 4 is 17.5 Å². The standard InChI is InChI=1S/C25H23N5O3/c1-2-21(31)29-14-6-9-19-20(15-29)30-25(27-19)22(24(26)32)23(28-30)16-10-12-18(13-11-16)33-17-7-4-3-5-8-17/h2-5,7-8,10-13,28H,1,6,9,14-15H2,(H2,26,32). The number of carbonyl (C=O) groups excluding carboxylic acids is 2. The normalized spacial score (nSPS) is 13.4. The first-order valence-electron chi connectivity index (χ1n) is 10.7. The highest BCUT2D eigenvalue weighted by Gasteiger charge is 2.27. The number of para-hydroxylation sites is 1. The van der Waals surface area contributed by atoms with Crippen molar-refractivity contribution in [1.29, 1.82) is 0 Å². The maximum atomic E-state index is 12.4. The molecule has 0 saturated carbocycles. The van der Waals surface area contributed by atoms with Gasteiger partial charge in [0.05, 0.1) is 23.6 Å². The van der Waals surface area contributed by atoms with Crippen molar-refractivity contribution in [2.24, 2.45) is 5.73 Å². The number of nitrogens with zero attached hydrogens (tertiary/aromatic N) is 3. The lowest BCUT2D eigenvalue weighted by atomic mass is 10.1. The van der Waals surface area contributed by atoms with E-state index in [2.05, 4.69) is 11.7 Å². The van der Waals surface area contributed by atoms with E-state index in [4.69, 9.17) is 15.5 Å². The van der Waals surface area contributed by atoms with E-state index < -0.39 is 5.91 Å². The Hall–Kier alpha value is -4.33. The molecule has 0 radical (unpaired) electrons. The Morgan fingerprint density at radius 1 is 1.09 bits per heavy atom. The zero-order valence-corrected chi connectivity index (χ0v) is 18.0. The lowest BCUT2D eigenvalue weighted by Crippen LogP contribution is -2.29. The first-order chi connectivity index (χ1) is 16.0. The molecule has 1 aliphatic heterocycles. The molecule has 0 unspecified atom stereocenters. The molecule has 0 aliphatic carbocycles. The number of benzene rings is 2. The van der Waals surface area contributed by atoms with E-state index >= 15 is 0 Å². The van der Waals surface area contributed by atoms with Crippen molar-refractivity contribution in [1.82, 2.24) is 19.5 Å². The van der Waals surface area contributed by atoms with Gasteiger partial charge >= 0.3 is 0 Å². The molecule has 2 aromatic carbocycles. The second-order valence-corrected chi connectivity index (χ2v) is 7.90. The summed E-state index contributed by atoms with van der Waals surface area (Å²) in [5.41, 5.74) is 9.61. The highest BCUT2D eigenvalue weighted by molar-refractivity contribution is 6.04. The minimum atomic E-state index is -0.569. The van der Waals surface area contributed by atoms with Gasteiger partial charge in [0.1, 0.15) is 17.1 Å². The summed E-state index contributed by atoms with van der Waals surface area (Å²) in [6, 6.07) is 16.9. The molecule has 0 atom stereocenters. The van der Waals surface area contributed by atoms with E-state index in [1.54, 1.807) is 9.42 Å². The van der Waals surface area contributed by atoms with Crippen LogP contribution in [0.5, 0.6) is 11.5 Å². The van der Waals surface area contributed by atoms with Crippen LogP contribution in [0.1, 0.15) is 28.2 Å². The zero-order valence-electron chi connectivity index (χ0n) is 18.0. The van der Waals surface area contributed by atoms with Crippen molar-refractivity contribution in [3.63, 3.8) is 0 Å². The van der Waals surface area contributed by atoms with Crippen molar-refractivity contribution in [3.8, 4) is 22.8 Å². The smallest absolute Gasteiger partial charge is 0.254 e. The van der Waals surface area contributed by atoms with Gasteiger partial charge in [-0.3, -0.25) is 14.7 Å². The van der Waals surface area contributed by atoms with Gasteiger partial charge < -0.3 is 15.4 Å². The second-order valence-electron chi connectivity index (χ2n) is 7.90. The first kappa shape index (κ1) is 20.6. The topological polar surface area (TPSA) is 106 Å². The molecule has 0 spiro atoms. The monoisotopic (exact) mass is 441 g/mol. The Morgan fingerprint density at radius 3 is 2.52 bits per heavy atom. The molecule has 0 fully saturated rings. The quantitative estimate of drug-likeness (QED) is 0.461. The van der Waals surface area contributed by atoms with Gasteiger partial charge in [-0.15, -0.1) is 0 Å². The number of rotatable bonds is 5. The summed E-state index contributed by atoms with van der Waals surface area (Å²) < 4.78 is 7.63. The van der Waals surface area contributed by atoms with Gasteiger partial charge in [-0.25, -0.2) is 9.50 Å². The fourth-order valence-electron chi connectivity index (χ4n) is 4.20. The Kier molecular flexibility index (Phi) is 5.18. The average molecular weight is 441 g/mol. The van der Waals surface area contributed by atoms with Crippen molar-refractivity contribution in [3.05, 3.63) is 84.2 Å². The fourth-order valence-corrected chi connectivity index (χ4v) is 4.20. The number of carbonyl (C=O) groups is 2. The molecule has 0 saturated heterocycles. The van der Waals surface area contributed by atoms with Gasteiger partial charge in [0.25, 0.3) is 5.91 Å². The lowest BCUT2D eigenvalue weighted by molar-refractivity contribution is -0.126. The number of aromatic amines is 1. The van der Waals surface area contributed by atoms with Gasteiger partial charge in [0.2, 0.25) is 5.91 Å². The average Bonchev–Trinajstić information content (AvgIpc) is 3.27. The molecule has 8 nitrogen and oxygen atoms in total. The molecule has 3 N–H and O–H groups in total. The summed E-state index contributed by atoms with van der Waals surface area (Å²) in [5.74, 6) is 0.714. The molecule has 166 valence electrons. The number of imidazole rings is 1. The highest BCUT2D eigenvalue weighted by Crippen LogP contribution is 2.31. The summed E-state index contributed by atoms with van der Waals surface area (Å²) in [7, 11) is 0. The minimum absolute atomic E-state index is 0.131. The third kappa shape index (κ3) is 3.76. The summed E-state index contributed by atoms with van der Waals surface area (Å²) in [6.45, 7) is 4.60. The molecule has 5 rings (SSSR count). The summed E-state index contributed by atoms with van der Waals surface area (Å²) in [5, 5.41) is 3.29. The number of fused-ring (bicyclic) bond motifs is 3. The second kappa shape index (κ2) is 8.31. The van der Waals surface area contributed by atoms with E-state index in [1.165, 1.54) is 6.08 Å².